The third-order valence-corrected chi connectivity index (χ3v) is 24.3. The van der Waals surface area contributed by atoms with Gasteiger partial charge in [0.2, 0.25) is 0 Å². The van der Waals surface area contributed by atoms with E-state index < -0.39 is 0 Å². The summed E-state index contributed by atoms with van der Waals surface area (Å²) in [5.41, 5.74) is 64.5. The summed E-state index contributed by atoms with van der Waals surface area (Å²) in [6.45, 7) is 52.2. The molecule has 0 saturated carbocycles. The highest BCUT2D eigenvalue weighted by Gasteiger charge is 2.30. The summed E-state index contributed by atoms with van der Waals surface area (Å²) in [4.78, 5) is 28.5. The topological polar surface area (TPSA) is 77.3 Å². The average molecular weight is 1340 g/mol. The van der Waals surface area contributed by atoms with Gasteiger partial charge >= 0.3 is 0 Å². The first-order valence-electron chi connectivity index (χ1n) is 36.9. The van der Waals surface area contributed by atoms with Crippen LogP contribution in [0.25, 0.3) is 67.5 Å². The van der Waals surface area contributed by atoms with Gasteiger partial charge in [0, 0.05) is 107 Å². The van der Waals surface area contributed by atoms with Crippen molar-refractivity contribution in [3.63, 3.8) is 0 Å². The second-order valence-electron chi connectivity index (χ2n) is 30.6. The van der Waals surface area contributed by atoms with Crippen molar-refractivity contribution in [1.82, 2.24) is 29.9 Å². The van der Waals surface area contributed by atoms with Crippen LogP contribution in [0, 0.1) is 166 Å². The van der Waals surface area contributed by atoms with E-state index in [1.54, 1.807) is 0 Å². The number of aromatic nitrogens is 6. The number of hydrogen-bond acceptors (Lipinski definition) is 6. The quantitative estimate of drug-likeness (QED) is 0.151. The van der Waals surface area contributed by atoms with E-state index in [1.165, 1.54) is 246 Å². The van der Waals surface area contributed by atoms with Crippen molar-refractivity contribution in [3.05, 3.63) is 310 Å². The average Bonchev–Trinajstić information content (AvgIpc) is 1.64. The Labute approximate surface area is 608 Å². The molecule has 6 heterocycles. The summed E-state index contributed by atoms with van der Waals surface area (Å²) in [5.74, 6) is 0. The first-order chi connectivity index (χ1) is 48.5. The number of hydrogen-bond donors (Lipinski definition) is 0. The molecule has 12 aromatic rings. The fourth-order valence-electron chi connectivity index (χ4n) is 16.6. The lowest BCUT2D eigenvalue weighted by Crippen LogP contribution is -1.98. The largest absolute Gasteiger partial charge is 0.256 e. The molecular weight excluding hydrogens is 1240 g/mol. The molecule has 516 valence electrons. The van der Waals surface area contributed by atoms with Crippen LogP contribution in [0.15, 0.2) is 109 Å². The predicted octanol–water partition coefficient (Wildman–Crippen LogP) is 23.3. The lowest BCUT2D eigenvalue weighted by molar-refractivity contribution is 1.08. The lowest BCUT2D eigenvalue weighted by Gasteiger charge is -2.10. The number of benzene rings is 6. The molecule has 6 aromatic carbocycles. The molecule has 0 radical (unpaired) electrons. The van der Waals surface area contributed by atoms with Crippen molar-refractivity contribution >= 4 is 0 Å². The summed E-state index contributed by atoms with van der Waals surface area (Å²) in [7, 11) is 0. The predicted molar refractivity (Wildman–Crippen MR) is 429 cm³/mol. The molecule has 0 unspecified atom stereocenters. The molecule has 6 heteroatoms. The third kappa shape index (κ3) is 12.5. The first-order valence-corrected chi connectivity index (χ1v) is 36.9. The monoisotopic (exact) mass is 1340 g/mol. The van der Waals surface area contributed by atoms with Crippen molar-refractivity contribution in [3.8, 4) is 67.5 Å². The zero-order chi connectivity index (χ0) is 72.9. The van der Waals surface area contributed by atoms with Crippen LogP contribution < -0.4 is 0 Å². The summed E-state index contributed by atoms with van der Waals surface area (Å²) < 4.78 is 0. The highest BCUT2D eigenvalue weighted by atomic mass is 14.8. The zero-order valence-corrected chi connectivity index (χ0v) is 65.3. The van der Waals surface area contributed by atoms with Gasteiger partial charge in [-0.3, -0.25) is 29.9 Å². The van der Waals surface area contributed by atoms with E-state index in [2.05, 4.69) is 273 Å². The molecule has 0 aliphatic heterocycles. The molecule has 0 N–H and O–H groups in total. The maximum absolute atomic E-state index is 4.82. The Morgan fingerprint density at radius 1 is 0.216 bits per heavy atom. The van der Waals surface area contributed by atoms with E-state index in [4.69, 9.17) is 19.9 Å². The van der Waals surface area contributed by atoms with Gasteiger partial charge in [-0.05, 0) is 334 Å². The second kappa shape index (κ2) is 27.5. The molecule has 0 spiro atoms. The molecule has 102 heavy (non-hydrogen) atoms. The zero-order valence-electron chi connectivity index (χ0n) is 65.3. The van der Waals surface area contributed by atoms with Crippen LogP contribution >= 0.6 is 0 Å². The maximum atomic E-state index is 4.82. The third-order valence-electron chi connectivity index (χ3n) is 24.3. The van der Waals surface area contributed by atoms with Crippen molar-refractivity contribution < 1.29 is 0 Å². The Balaban J connectivity index is 0.000000109. The van der Waals surface area contributed by atoms with Gasteiger partial charge in [-0.15, -0.1) is 0 Å². The van der Waals surface area contributed by atoms with Crippen LogP contribution in [0.5, 0.6) is 0 Å². The molecular formula is C96H102N6. The van der Waals surface area contributed by atoms with Gasteiger partial charge in [-0.1, -0.05) is 108 Å². The van der Waals surface area contributed by atoms with Crippen LogP contribution in [0.1, 0.15) is 201 Å². The summed E-state index contributed by atoms with van der Waals surface area (Å²) >= 11 is 0. The molecule has 0 saturated heterocycles. The molecule has 0 amide bonds. The number of fused-ring (bicyclic) bond motifs is 18. The smallest absolute Gasteiger partial charge is 0.0748 e. The van der Waals surface area contributed by atoms with E-state index >= 15 is 0 Å². The fourth-order valence-corrected chi connectivity index (χ4v) is 16.6. The van der Waals surface area contributed by atoms with E-state index in [9.17, 15) is 0 Å². The number of aryl methyl sites for hydroxylation is 13. The van der Waals surface area contributed by atoms with Gasteiger partial charge in [0.1, 0.15) is 0 Å². The van der Waals surface area contributed by atoms with Gasteiger partial charge in [0.05, 0.1) is 34.2 Å². The van der Waals surface area contributed by atoms with E-state index in [0.717, 1.165) is 61.3 Å². The first kappa shape index (κ1) is 70.6. The Bertz CT molecular complexity index is 5480. The normalized spacial score (nSPS) is 12.5. The van der Waals surface area contributed by atoms with Crippen molar-refractivity contribution in [1.29, 1.82) is 0 Å². The van der Waals surface area contributed by atoms with Crippen LogP contribution in [-0.4, -0.2) is 29.9 Å². The van der Waals surface area contributed by atoms with Gasteiger partial charge < -0.3 is 0 Å². The van der Waals surface area contributed by atoms with Crippen LogP contribution in [0.3, 0.4) is 0 Å². The molecule has 0 atom stereocenters. The van der Waals surface area contributed by atoms with Crippen molar-refractivity contribution in [2.24, 2.45) is 0 Å². The summed E-state index contributed by atoms with van der Waals surface area (Å²) in [5, 5.41) is 0. The molecule has 6 aromatic heterocycles. The highest BCUT2D eigenvalue weighted by molar-refractivity contribution is 5.83. The molecule has 0 bridgehead atoms. The van der Waals surface area contributed by atoms with Gasteiger partial charge in [0.15, 0.2) is 0 Å². The van der Waals surface area contributed by atoms with E-state index in [0.29, 0.717) is 0 Å². The van der Waals surface area contributed by atoms with Crippen molar-refractivity contribution in [2.75, 3.05) is 0 Å². The number of pyridine rings is 6. The minimum atomic E-state index is 1.05. The SMILES string of the molecule is Cc1cc(C)c2c(c1)Cc1c-2ncc(C)c1C.Cc1ccc2c(c1)-c1nc(C)c(C)c(C)c1C2.Cc1ccc2c(c1)Cc1c-2nc(C)c(C)c1C.Cc1cccc2c1-c1nc(C)c(C)c(C)c1C2.Cc1cccc2c1Cc1c-2nc(C)c(C)c1C.Cc1cnc2c(c1C)Cc1ccc(C)c(C)c1-2. The molecule has 6 aliphatic carbocycles. The van der Waals surface area contributed by atoms with Gasteiger partial charge in [0.25, 0.3) is 0 Å². The minimum Gasteiger partial charge on any atom is -0.256 e. The van der Waals surface area contributed by atoms with Crippen LogP contribution in [0.2, 0.25) is 0 Å². The molecule has 18 rings (SSSR count). The van der Waals surface area contributed by atoms with Gasteiger partial charge in [-0.2, -0.15) is 0 Å². The Morgan fingerprint density at radius 3 is 1.22 bits per heavy atom. The molecule has 0 fully saturated rings. The van der Waals surface area contributed by atoms with Crippen LogP contribution in [0.4, 0.5) is 0 Å². The van der Waals surface area contributed by atoms with Crippen LogP contribution in [-0.2, 0) is 38.5 Å². The molecule has 6 aliphatic rings. The minimum absolute atomic E-state index is 1.05. The van der Waals surface area contributed by atoms with E-state index in [-0.39, 0.29) is 0 Å². The Kier molecular flexibility index (Phi) is 19.1. The highest BCUT2D eigenvalue weighted by Crippen LogP contribution is 2.46. The number of nitrogens with zero attached hydrogens (tertiary/aromatic N) is 6. The summed E-state index contributed by atoms with van der Waals surface area (Å²) in [6, 6.07) is 35.5. The molecule has 6 nitrogen and oxygen atoms in total. The van der Waals surface area contributed by atoms with E-state index in [1.807, 2.05) is 12.4 Å². The summed E-state index contributed by atoms with van der Waals surface area (Å²) in [6.07, 6.45) is 10.3. The lowest BCUT2D eigenvalue weighted by atomic mass is 9.99. The van der Waals surface area contributed by atoms with Gasteiger partial charge in [-0.25, -0.2) is 0 Å². The Morgan fingerprint density at radius 2 is 0.627 bits per heavy atom. The standard InChI is InChI=1S/6C16H17N/c1-9-5-10(2)15-13(6-9)7-14-12(4)11(3)8-17-16(14)15;1-9-5-6-13-7-14-11(3)10(2)8-17-16(14)15(13)12(9)4;1-9-5-6-14-13(7-9)8-15-11(3)10(2)12(4)17-16(14)15;1-9-5-6-13-8-14-11(3)10(2)12(4)17-16(14)15(13)7-9;1-9-6-5-7-13-14(9)8-15-11(3)10(2)12(4)17-16(13)15;1-9-6-5-7-13-8-14-11(3)10(2)12(4)17-16(14)15(9)13/h2*5-6,8H,7H2,1-4H3;4*5-7H,8H2,1-4H3. The van der Waals surface area contributed by atoms with Crippen molar-refractivity contribution in [2.45, 2.75) is 205 Å². The Hall–Kier alpha value is -9.78. The second-order valence-corrected chi connectivity index (χ2v) is 30.6. The maximum Gasteiger partial charge on any atom is 0.0748 e. The number of rotatable bonds is 0. The fraction of sp³-hybridized carbons (Fsp3) is 0.312.